The lowest BCUT2D eigenvalue weighted by Crippen LogP contribution is -2.22. The highest BCUT2D eigenvalue weighted by molar-refractivity contribution is 5.89. The van der Waals surface area contributed by atoms with Gasteiger partial charge in [-0.15, -0.1) is 0 Å². The number of benzene rings is 1. The Morgan fingerprint density at radius 1 is 1.17 bits per heavy atom. The van der Waals surface area contributed by atoms with Gasteiger partial charge in [-0.3, -0.25) is 4.79 Å². The fraction of sp³-hybridized carbons (Fsp3) is 0.667. The predicted molar refractivity (Wildman–Crippen MR) is 117 cm³/mol. The largest absolute Gasteiger partial charge is 0.481 e. The molecule has 4 N–H and O–H groups in total. The minimum atomic E-state index is -0.758. The molecule has 1 aliphatic rings. The van der Waals surface area contributed by atoms with Crippen LogP contribution in [0.15, 0.2) is 29.4 Å². The third-order valence-corrected chi connectivity index (χ3v) is 6.32. The lowest BCUT2D eigenvalue weighted by molar-refractivity contribution is -0.137. The van der Waals surface area contributed by atoms with Gasteiger partial charge in [0.1, 0.15) is 0 Å². The smallest absolute Gasteiger partial charge is 0.303 e. The number of unbranched alkanes of at least 4 members (excludes halogenated alkanes) is 3. The summed E-state index contributed by atoms with van der Waals surface area (Å²) in [5.74, 6) is -0.719. The second kappa shape index (κ2) is 12.7. The quantitative estimate of drug-likeness (QED) is 0.216. The molecule has 1 aromatic carbocycles. The highest BCUT2D eigenvalue weighted by atomic mass is 16.4. The highest BCUT2D eigenvalue weighted by Gasteiger charge is 2.39. The normalized spacial score (nSPS) is 23.7. The summed E-state index contributed by atoms with van der Waals surface area (Å²) >= 11 is 0. The first-order valence-electron chi connectivity index (χ1n) is 11.2. The van der Waals surface area contributed by atoms with Crippen LogP contribution in [0.2, 0.25) is 0 Å². The number of hydrogen-bond acceptors (Lipinski definition) is 5. The first-order chi connectivity index (χ1) is 14.4. The van der Waals surface area contributed by atoms with Crippen molar-refractivity contribution >= 4 is 11.7 Å². The van der Waals surface area contributed by atoms with Gasteiger partial charge in [-0.05, 0) is 56.9 Å². The number of carbonyl (C=O) groups is 1. The van der Waals surface area contributed by atoms with E-state index in [0.717, 1.165) is 32.1 Å². The Kier molecular flexibility index (Phi) is 10.3. The van der Waals surface area contributed by atoms with Crippen molar-refractivity contribution < 1.29 is 25.3 Å². The molecule has 4 unspecified atom stereocenters. The van der Waals surface area contributed by atoms with Crippen LogP contribution in [0.1, 0.15) is 75.3 Å². The number of aryl methyl sites for hydroxylation is 2. The molecular formula is C24H37NO5. The van der Waals surface area contributed by atoms with Crippen LogP contribution >= 0.6 is 0 Å². The fourth-order valence-electron chi connectivity index (χ4n) is 4.65. The van der Waals surface area contributed by atoms with Crippen molar-refractivity contribution in [2.24, 2.45) is 17.0 Å². The lowest BCUT2D eigenvalue weighted by atomic mass is 9.84. The van der Waals surface area contributed by atoms with Gasteiger partial charge < -0.3 is 20.5 Å². The molecule has 0 saturated heterocycles. The van der Waals surface area contributed by atoms with Crippen molar-refractivity contribution in [3.8, 4) is 0 Å². The Hall–Kier alpha value is -1.92. The van der Waals surface area contributed by atoms with Gasteiger partial charge in [-0.25, -0.2) is 0 Å². The number of rotatable bonds is 13. The van der Waals surface area contributed by atoms with Crippen LogP contribution in [-0.2, 0) is 11.2 Å². The lowest BCUT2D eigenvalue weighted by Gasteiger charge is -2.23. The van der Waals surface area contributed by atoms with Gasteiger partial charge in [0, 0.05) is 18.8 Å². The average Bonchev–Trinajstić information content (AvgIpc) is 3.02. The first-order valence-corrected chi connectivity index (χ1v) is 11.2. The number of aliphatic carboxylic acids is 1. The van der Waals surface area contributed by atoms with E-state index in [2.05, 4.69) is 30.3 Å². The molecule has 1 aromatic rings. The van der Waals surface area contributed by atoms with Crippen molar-refractivity contribution in [2.75, 3.05) is 0 Å². The maximum Gasteiger partial charge on any atom is 0.303 e. The highest BCUT2D eigenvalue weighted by Crippen LogP contribution is 2.37. The molecule has 1 saturated carbocycles. The van der Waals surface area contributed by atoms with E-state index in [1.54, 1.807) is 0 Å². The molecule has 0 bridgehead atoms. The van der Waals surface area contributed by atoms with Gasteiger partial charge >= 0.3 is 5.97 Å². The fourth-order valence-corrected chi connectivity index (χ4v) is 4.65. The van der Waals surface area contributed by atoms with Gasteiger partial charge in [0.2, 0.25) is 0 Å². The van der Waals surface area contributed by atoms with Crippen molar-refractivity contribution in [2.45, 2.75) is 89.8 Å². The zero-order valence-electron chi connectivity index (χ0n) is 18.0. The van der Waals surface area contributed by atoms with E-state index in [1.807, 2.05) is 6.07 Å². The molecule has 1 fully saturated rings. The van der Waals surface area contributed by atoms with Crippen molar-refractivity contribution in [3.05, 3.63) is 35.4 Å². The summed E-state index contributed by atoms with van der Waals surface area (Å²) in [4.78, 5) is 10.6. The van der Waals surface area contributed by atoms with Crippen LogP contribution in [0.3, 0.4) is 0 Å². The van der Waals surface area contributed by atoms with Gasteiger partial charge in [0.15, 0.2) is 0 Å². The van der Waals surface area contributed by atoms with Crippen LogP contribution in [0.4, 0.5) is 0 Å². The summed E-state index contributed by atoms with van der Waals surface area (Å²) in [6.07, 6.45) is 6.77. The van der Waals surface area contributed by atoms with Gasteiger partial charge in [-0.1, -0.05) is 54.2 Å². The molecule has 0 radical (unpaired) electrons. The average molecular weight is 420 g/mol. The van der Waals surface area contributed by atoms with Crippen molar-refractivity contribution in [3.63, 3.8) is 0 Å². The standard InChI is InChI=1S/C24H37NO5/c1-17-7-6-8-18(15-17)11-12-19(26)13-14-20-21(23(27)16-22(20)25-30)9-4-2-3-5-10-24(28)29/h6-8,15,19-21,23,26-27,30H,2-5,9-14,16H2,1H3,(H,28,29)/b25-22-. The zero-order chi connectivity index (χ0) is 21.9. The summed E-state index contributed by atoms with van der Waals surface area (Å²) < 4.78 is 0. The molecule has 1 aliphatic carbocycles. The first kappa shape index (κ1) is 24.4. The number of hydrogen-bond donors (Lipinski definition) is 4. The molecule has 6 heteroatoms. The van der Waals surface area contributed by atoms with E-state index in [-0.39, 0.29) is 18.3 Å². The molecule has 0 aliphatic heterocycles. The van der Waals surface area contributed by atoms with E-state index in [0.29, 0.717) is 37.8 Å². The van der Waals surface area contributed by atoms with Crippen LogP contribution in [0.5, 0.6) is 0 Å². The maximum atomic E-state index is 10.6. The molecule has 0 heterocycles. The summed E-state index contributed by atoms with van der Waals surface area (Å²) in [6.45, 7) is 2.06. The van der Waals surface area contributed by atoms with Gasteiger partial charge in [-0.2, -0.15) is 0 Å². The third-order valence-electron chi connectivity index (χ3n) is 6.32. The molecule has 0 aromatic heterocycles. The van der Waals surface area contributed by atoms with Gasteiger partial charge in [0.05, 0.1) is 17.9 Å². The number of aliphatic hydroxyl groups is 2. The van der Waals surface area contributed by atoms with E-state index in [1.165, 1.54) is 11.1 Å². The molecule has 0 spiro atoms. The van der Waals surface area contributed by atoms with Crippen molar-refractivity contribution in [1.82, 2.24) is 0 Å². The SMILES string of the molecule is Cc1cccc(CCC(O)CCC2/C(=N\O)CC(O)C2CCCCCCC(=O)O)c1. The molecule has 2 rings (SSSR count). The number of aliphatic hydroxyl groups excluding tert-OH is 2. The maximum absolute atomic E-state index is 10.6. The second-order valence-electron chi connectivity index (χ2n) is 8.74. The Morgan fingerprint density at radius 3 is 2.63 bits per heavy atom. The Labute approximate surface area is 179 Å². The molecule has 6 nitrogen and oxygen atoms in total. The van der Waals surface area contributed by atoms with Crippen LogP contribution < -0.4 is 0 Å². The number of oxime groups is 1. The van der Waals surface area contributed by atoms with E-state index in [9.17, 15) is 20.2 Å². The second-order valence-corrected chi connectivity index (χ2v) is 8.74. The number of carboxylic acid groups (broad SMARTS) is 1. The monoisotopic (exact) mass is 419 g/mol. The molecular weight excluding hydrogens is 382 g/mol. The summed E-state index contributed by atoms with van der Waals surface area (Å²) in [5, 5.41) is 42.4. The summed E-state index contributed by atoms with van der Waals surface area (Å²) in [6, 6.07) is 8.32. The van der Waals surface area contributed by atoms with E-state index in [4.69, 9.17) is 5.11 Å². The zero-order valence-corrected chi connectivity index (χ0v) is 18.0. The Bertz CT molecular complexity index is 690. The Morgan fingerprint density at radius 2 is 1.93 bits per heavy atom. The van der Waals surface area contributed by atoms with Crippen molar-refractivity contribution in [1.29, 1.82) is 0 Å². The molecule has 4 atom stereocenters. The minimum Gasteiger partial charge on any atom is -0.481 e. The van der Waals surface area contributed by atoms with Crippen LogP contribution in [0.25, 0.3) is 0 Å². The predicted octanol–water partition coefficient (Wildman–Crippen LogP) is 4.32. The van der Waals surface area contributed by atoms with Gasteiger partial charge in [0.25, 0.3) is 0 Å². The molecule has 30 heavy (non-hydrogen) atoms. The summed E-state index contributed by atoms with van der Waals surface area (Å²) in [5.41, 5.74) is 3.09. The minimum absolute atomic E-state index is 0.00219. The molecule has 168 valence electrons. The van der Waals surface area contributed by atoms with E-state index >= 15 is 0 Å². The third kappa shape index (κ3) is 8.07. The summed E-state index contributed by atoms with van der Waals surface area (Å²) in [7, 11) is 0. The van der Waals surface area contributed by atoms with Crippen LogP contribution in [-0.4, -0.2) is 44.4 Å². The molecule has 0 amide bonds. The number of nitrogens with zero attached hydrogens (tertiary/aromatic N) is 1. The topological polar surface area (TPSA) is 110 Å². The number of carboxylic acids is 1. The Balaban J connectivity index is 1.77. The van der Waals surface area contributed by atoms with E-state index < -0.39 is 18.2 Å². The van der Waals surface area contributed by atoms with Crippen LogP contribution in [0, 0.1) is 18.8 Å².